The van der Waals surface area contributed by atoms with E-state index in [-0.39, 0.29) is 0 Å². The van der Waals surface area contributed by atoms with Crippen LogP contribution in [0.25, 0.3) is 0 Å². The molecule has 0 rings (SSSR count). The highest BCUT2D eigenvalue weighted by Crippen LogP contribution is 1.72. The Morgan fingerprint density at radius 1 is 1.50 bits per heavy atom. The van der Waals surface area contributed by atoms with E-state index in [0.717, 1.165) is 0 Å². The van der Waals surface area contributed by atoms with Gasteiger partial charge < -0.3 is 4.74 Å². The van der Waals surface area contributed by atoms with Crippen LogP contribution in [0.3, 0.4) is 0 Å². The molecule has 0 spiro atoms. The number of rotatable bonds is 2. The van der Waals surface area contributed by atoms with E-state index in [9.17, 15) is 0 Å². The van der Waals surface area contributed by atoms with Gasteiger partial charge >= 0.3 is 0 Å². The van der Waals surface area contributed by atoms with Gasteiger partial charge in [0.2, 0.25) is 0 Å². The molecule has 0 heterocycles. The van der Waals surface area contributed by atoms with E-state index in [1.54, 1.807) is 6.92 Å². The van der Waals surface area contributed by atoms with Gasteiger partial charge in [-0.05, 0) is 14.1 Å². The zero-order valence-corrected chi connectivity index (χ0v) is 5.56. The lowest BCUT2D eigenvalue weighted by atomic mass is 10.8. The van der Waals surface area contributed by atoms with Gasteiger partial charge in [0.15, 0.2) is 6.73 Å². The molecule has 0 aliphatic carbocycles. The largest absolute Gasteiger partial charge is 0.430 e. The summed E-state index contributed by atoms with van der Waals surface area (Å²) in [5, 5.41) is 0. The van der Waals surface area contributed by atoms with Gasteiger partial charge in [-0.2, -0.15) is 0 Å². The van der Waals surface area contributed by atoms with Crippen molar-refractivity contribution in [1.82, 2.24) is 4.90 Å². The van der Waals surface area contributed by atoms with Crippen molar-refractivity contribution < 1.29 is 4.74 Å². The molecule has 0 saturated carbocycles. The fourth-order valence-corrected chi connectivity index (χ4v) is 0.234. The molecular weight excluding hydrogens is 102 g/mol. The average Bonchev–Trinajstić information content (AvgIpc) is 1.66. The van der Waals surface area contributed by atoms with E-state index in [4.69, 9.17) is 4.74 Å². The molecule has 2 nitrogen and oxygen atoms in total. The molecule has 2 heteroatoms. The van der Waals surface area contributed by atoms with E-state index in [2.05, 4.69) is 12.0 Å². The van der Waals surface area contributed by atoms with Crippen molar-refractivity contribution in [3.8, 4) is 12.0 Å². The molecule has 0 atom stereocenters. The minimum absolute atomic E-state index is 0.570. The monoisotopic (exact) mass is 113 g/mol. The molecule has 0 N–H and O–H groups in total. The topological polar surface area (TPSA) is 12.5 Å². The molecule has 0 aromatic rings. The molecule has 0 fully saturated rings. The normalized spacial score (nSPS) is 8.00. The quantitative estimate of drug-likeness (QED) is 0.382. The maximum Gasteiger partial charge on any atom is 0.153 e. The van der Waals surface area contributed by atoms with Gasteiger partial charge in [0.1, 0.15) is 6.11 Å². The summed E-state index contributed by atoms with van der Waals surface area (Å²) in [6.07, 6.45) is 2.49. The second-order valence-corrected chi connectivity index (χ2v) is 1.71. The van der Waals surface area contributed by atoms with Crippen LogP contribution in [0.5, 0.6) is 0 Å². The molecule has 0 aromatic carbocycles. The highest BCUT2D eigenvalue weighted by molar-refractivity contribution is 4.84. The van der Waals surface area contributed by atoms with Crippen molar-refractivity contribution in [3.63, 3.8) is 0 Å². The van der Waals surface area contributed by atoms with E-state index >= 15 is 0 Å². The van der Waals surface area contributed by atoms with Gasteiger partial charge in [0.25, 0.3) is 0 Å². The first-order valence-corrected chi connectivity index (χ1v) is 2.45. The van der Waals surface area contributed by atoms with Crippen LogP contribution >= 0.6 is 0 Å². The summed E-state index contributed by atoms with van der Waals surface area (Å²) < 4.78 is 4.81. The summed E-state index contributed by atoms with van der Waals surface area (Å²) >= 11 is 0. The third-order valence-corrected chi connectivity index (χ3v) is 0.497. The summed E-state index contributed by atoms with van der Waals surface area (Å²) in [6, 6.07) is 0. The standard InChI is InChI=1S/C6H11NO/c1-4-5-8-6-7(2)3/h6H2,1-3H3. The van der Waals surface area contributed by atoms with Gasteiger partial charge in [-0.15, -0.1) is 0 Å². The Bertz CT molecular complexity index is 98.8. The van der Waals surface area contributed by atoms with Crippen molar-refractivity contribution in [3.05, 3.63) is 0 Å². The molecule has 8 heavy (non-hydrogen) atoms. The molecule has 0 bridgehead atoms. The third-order valence-electron chi connectivity index (χ3n) is 0.497. The lowest BCUT2D eigenvalue weighted by Crippen LogP contribution is -2.13. The summed E-state index contributed by atoms with van der Waals surface area (Å²) in [5.74, 6) is 2.62. The van der Waals surface area contributed by atoms with Crippen molar-refractivity contribution in [2.24, 2.45) is 0 Å². The van der Waals surface area contributed by atoms with Gasteiger partial charge in [0.05, 0.1) is 0 Å². The molecule has 46 valence electrons. The van der Waals surface area contributed by atoms with Crippen LogP contribution in [0.1, 0.15) is 6.92 Å². The molecule has 0 amide bonds. The maximum atomic E-state index is 4.81. The predicted octanol–water partition coefficient (Wildman–Crippen LogP) is 0.503. The zero-order valence-electron chi connectivity index (χ0n) is 5.56. The molecule has 0 unspecified atom stereocenters. The van der Waals surface area contributed by atoms with Crippen LogP contribution in [0.2, 0.25) is 0 Å². The highest BCUT2D eigenvalue weighted by atomic mass is 16.5. The van der Waals surface area contributed by atoms with Crippen LogP contribution < -0.4 is 0 Å². The molecule has 0 aliphatic heterocycles. The second-order valence-electron chi connectivity index (χ2n) is 1.71. The maximum absolute atomic E-state index is 4.81. The van der Waals surface area contributed by atoms with E-state index in [1.807, 2.05) is 19.0 Å². The number of hydrogen-bond donors (Lipinski definition) is 0. The fraction of sp³-hybridized carbons (Fsp3) is 0.667. The van der Waals surface area contributed by atoms with Gasteiger partial charge in [-0.3, -0.25) is 4.90 Å². The van der Waals surface area contributed by atoms with E-state index in [1.165, 1.54) is 0 Å². The zero-order chi connectivity index (χ0) is 6.41. The molecule has 0 saturated heterocycles. The van der Waals surface area contributed by atoms with Crippen molar-refractivity contribution in [2.75, 3.05) is 20.8 Å². The van der Waals surface area contributed by atoms with Crippen LogP contribution in [0, 0.1) is 12.0 Å². The Kier molecular flexibility index (Phi) is 4.10. The lowest BCUT2D eigenvalue weighted by Gasteiger charge is -2.04. The van der Waals surface area contributed by atoms with Crippen molar-refractivity contribution >= 4 is 0 Å². The third kappa shape index (κ3) is 5.32. The van der Waals surface area contributed by atoms with E-state index in [0.29, 0.717) is 6.73 Å². The van der Waals surface area contributed by atoms with Crippen LogP contribution in [0.4, 0.5) is 0 Å². The molecule has 0 radical (unpaired) electrons. The van der Waals surface area contributed by atoms with E-state index < -0.39 is 0 Å². The first-order valence-electron chi connectivity index (χ1n) is 2.45. The average molecular weight is 113 g/mol. The Labute approximate surface area is 50.4 Å². The predicted molar refractivity (Wildman–Crippen MR) is 33.1 cm³/mol. The minimum atomic E-state index is 0.570. The number of ether oxygens (including phenoxy) is 1. The summed E-state index contributed by atoms with van der Waals surface area (Å²) in [7, 11) is 3.86. The van der Waals surface area contributed by atoms with Crippen molar-refractivity contribution in [1.29, 1.82) is 0 Å². The number of nitrogens with zero attached hydrogens (tertiary/aromatic N) is 1. The summed E-state index contributed by atoms with van der Waals surface area (Å²) in [5.41, 5.74) is 0. The van der Waals surface area contributed by atoms with Gasteiger partial charge in [-0.1, -0.05) is 5.92 Å². The Balaban J connectivity index is 3.01. The van der Waals surface area contributed by atoms with Gasteiger partial charge in [-0.25, -0.2) is 0 Å². The Hall–Kier alpha value is -0.680. The smallest absolute Gasteiger partial charge is 0.153 e. The fourth-order valence-electron chi connectivity index (χ4n) is 0.234. The number of hydrogen-bond acceptors (Lipinski definition) is 2. The van der Waals surface area contributed by atoms with Crippen molar-refractivity contribution in [2.45, 2.75) is 6.92 Å². The summed E-state index contributed by atoms with van der Waals surface area (Å²) in [4.78, 5) is 1.91. The molecular formula is C6H11NO. The molecule has 0 aromatic heterocycles. The Morgan fingerprint density at radius 2 is 2.12 bits per heavy atom. The second kappa shape index (κ2) is 4.48. The first kappa shape index (κ1) is 7.32. The van der Waals surface area contributed by atoms with Crippen LogP contribution in [0.15, 0.2) is 0 Å². The lowest BCUT2D eigenvalue weighted by molar-refractivity contribution is 0.151. The van der Waals surface area contributed by atoms with Crippen LogP contribution in [-0.2, 0) is 4.74 Å². The highest BCUT2D eigenvalue weighted by Gasteiger charge is 1.81. The Morgan fingerprint density at radius 3 is 2.50 bits per heavy atom. The first-order chi connectivity index (χ1) is 3.77. The summed E-state index contributed by atoms with van der Waals surface area (Å²) in [6.45, 7) is 2.32. The molecule has 0 aliphatic rings. The van der Waals surface area contributed by atoms with Gasteiger partial charge in [0, 0.05) is 6.92 Å². The van der Waals surface area contributed by atoms with Crippen LogP contribution in [-0.4, -0.2) is 25.7 Å². The SMILES string of the molecule is CC#COCN(C)C. The minimum Gasteiger partial charge on any atom is -0.430 e.